The second-order valence-corrected chi connectivity index (χ2v) is 6.77. The van der Waals surface area contributed by atoms with Gasteiger partial charge in [-0.15, -0.1) is 0 Å². The first-order chi connectivity index (χ1) is 12.7. The Bertz CT molecular complexity index is 846. The monoisotopic (exact) mass is 349 g/mol. The molecule has 3 nitrogen and oxygen atoms in total. The average Bonchev–Trinajstić information content (AvgIpc) is 2.68. The van der Waals surface area contributed by atoms with Crippen molar-refractivity contribution in [3.05, 3.63) is 71.9 Å². The van der Waals surface area contributed by atoms with E-state index in [0.717, 1.165) is 53.6 Å². The first-order valence-electron chi connectivity index (χ1n) is 9.47. The van der Waals surface area contributed by atoms with Gasteiger partial charge in [-0.05, 0) is 43.2 Å². The van der Waals surface area contributed by atoms with E-state index < -0.39 is 6.10 Å². The van der Waals surface area contributed by atoms with Gasteiger partial charge in [0, 0.05) is 5.39 Å². The fourth-order valence-corrected chi connectivity index (χ4v) is 3.12. The number of hydrogen-bond acceptors (Lipinski definition) is 3. The lowest BCUT2D eigenvalue weighted by Crippen LogP contribution is -2.06. The Labute approximate surface area is 155 Å². The Morgan fingerprint density at radius 1 is 1.00 bits per heavy atom. The zero-order chi connectivity index (χ0) is 18.4. The third-order valence-corrected chi connectivity index (χ3v) is 4.67. The number of rotatable bonds is 8. The van der Waals surface area contributed by atoms with Gasteiger partial charge >= 0.3 is 0 Å². The van der Waals surface area contributed by atoms with Crippen LogP contribution in [0.3, 0.4) is 0 Å². The minimum atomic E-state index is -0.431. The van der Waals surface area contributed by atoms with E-state index in [2.05, 4.69) is 19.1 Å². The minimum absolute atomic E-state index is 0.160. The van der Waals surface area contributed by atoms with E-state index in [9.17, 15) is 5.11 Å². The van der Waals surface area contributed by atoms with Gasteiger partial charge in [0.05, 0.1) is 17.3 Å². The van der Waals surface area contributed by atoms with E-state index in [4.69, 9.17) is 9.72 Å². The van der Waals surface area contributed by atoms with Gasteiger partial charge in [-0.3, -0.25) is 0 Å². The number of aromatic nitrogens is 1. The predicted molar refractivity (Wildman–Crippen MR) is 106 cm³/mol. The summed E-state index contributed by atoms with van der Waals surface area (Å²) in [4.78, 5) is 4.70. The van der Waals surface area contributed by atoms with E-state index in [1.165, 1.54) is 0 Å². The number of ether oxygens (including phenoxy) is 1. The van der Waals surface area contributed by atoms with Crippen molar-refractivity contribution in [2.75, 3.05) is 0 Å². The van der Waals surface area contributed by atoms with Gasteiger partial charge in [-0.2, -0.15) is 0 Å². The smallest absolute Gasteiger partial charge is 0.138 e. The molecule has 1 aromatic heterocycles. The molecule has 2 aromatic carbocycles. The molecule has 0 aliphatic carbocycles. The maximum atomic E-state index is 10.4. The Morgan fingerprint density at radius 3 is 2.69 bits per heavy atom. The lowest BCUT2D eigenvalue weighted by molar-refractivity contribution is 0.162. The summed E-state index contributed by atoms with van der Waals surface area (Å²) < 4.78 is 6.09. The summed E-state index contributed by atoms with van der Waals surface area (Å²) in [7, 11) is 0. The number of para-hydroxylation sites is 1. The van der Waals surface area contributed by atoms with Crippen molar-refractivity contribution in [1.29, 1.82) is 0 Å². The van der Waals surface area contributed by atoms with Gasteiger partial charge in [-0.1, -0.05) is 62.6 Å². The fourth-order valence-electron chi connectivity index (χ4n) is 3.12. The molecular formula is C23H27NO2. The molecular weight excluding hydrogens is 322 g/mol. The third-order valence-electron chi connectivity index (χ3n) is 4.67. The molecule has 0 aliphatic rings. The molecule has 2 unspecified atom stereocenters. The molecule has 0 amide bonds. The first-order valence-corrected chi connectivity index (χ1v) is 9.47. The molecule has 0 saturated heterocycles. The van der Waals surface area contributed by atoms with Crippen molar-refractivity contribution in [2.24, 2.45) is 0 Å². The van der Waals surface area contributed by atoms with Gasteiger partial charge in [0.2, 0.25) is 0 Å². The summed E-state index contributed by atoms with van der Waals surface area (Å²) in [5.74, 6) is 0.763. The highest BCUT2D eigenvalue weighted by molar-refractivity contribution is 5.78. The van der Waals surface area contributed by atoms with Crippen LogP contribution in [0.4, 0.5) is 0 Å². The number of hydrogen-bond donors (Lipinski definition) is 1. The van der Waals surface area contributed by atoms with Gasteiger partial charge in [0.15, 0.2) is 0 Å². The summed E-state index contributed by atoms with van der Waals surface area (Å²) in [6.45, 7) is 4.17. The largest absolute Gasteiger partial charge is 0.484 e. The Morgan fingerprint density at radius 2 is 1.85 bits per heavy atom. The quantitative estimate of drug-likeness (QED) is 0.508. The van der Waals surface area contributed by atoms with Crippen LogP contribution in [0.25, 0.3) is 10.9 Å². The second-order valence-electron chi connectivity index (χ2n) is 6.77. The number of unbranched alkanes of at least 4 members (excludes halogenated alkanes) is 2. The van der Waals surface area contributed by atoms with Gasteiger partial charge < -0.3 is 9.84 Å². The van der Waals surface area contributed by atoms with Crippen LogP contribution in [-0.2, 0) is 0 Å². The van der Waals surface area contributed by atoms with E-state index in [0.29, 0.717) is 0 Å². The van der Waals surface area contributed by atoms with Crippen molar-refractivity contribution in [2.45, 2.75) is 51.7 Å². The van der Waals surface area contributed by atoms with Crippen LogP contribution in [-0.4, -0.2) is 10.1 Å². The molecule has 0 bridgehead atoms. The van der Waals surface area contributed by atoms with E-state index in [1.807, 2.05) is 55.5 Å². The molecule has 1 N–H and O–H groups in total. The number of pyridine rings is 1. The molecule has 3 heteroatoms. The minimum Gasteiger partial charge on any atom is -0.484 e. The van der Waals surface area contributed by atoms with E-state index >= 15 is 0 Å². The van der Waals surface area contributed by atoms with Crippen LogP contribution in [0.1, 0.15) is 63.0 Å². The second kappa shape index (κ2) is 8.81. The molecule has 3 rings (SSSR count). The Hall–Kier alpha value is -2.39. The fraction of sp³-hybridized carbons (Fsp3) is 0.348. The van der Waals surface area contributed by atoms with Gasteiger partial charge in [-0.25, -0.2) is 4.98 Å². The van der Waals surface area contributed by atoms with Gasteiger partial charge in [0.1, 0.15) is 11.9 Å². The number of benzene rings is 2. The molecule has 1 heterocycles. The highest BCUT2D eigenvalue weighted by Gasteiger charge is 2.12. The number of aliphatic hydroxyl groups is 1. The van der Waals surface area contributed by atoms with Crippen molar-refractivity contribution in [1.82, 2.24) is 4.98 Å². The SMILES string of the molecule is CCCCCC(O)c1cccc(OC(C)c2ccc3ccccc3n2)c1. The summed E-state index contributed by atoms with van der Waals surface area (Å²) in [6.07, 6.45) is 3.55. The van der Waals surface area contributed by atoms with Crippen LogP contribution in [0, 0.1) is 0 Å². The van der Waals surface area contributed by atoms with Crippen LogP contribution in [0.2, 0.25) is 0 Å². The summed E-state index contributed by atoms with van der Waals surface area (Å²) in [5, 5.41) is 11.5. The summed E-state index contributed by atoms with van der Waals surface area (Å²) >= 11 is 0. The zero-order valence-corrected chi connectivity index (χ0v) is 15.6. The highest BCUT2D eigenvalue weighted by atomic mass is 16.5. The standard InChI is InChI=1S/C23H27NO2/c1-3-4-5-13-23(25)19-10-8-11-20(16-19)26-17(2)21-15-14-18-9-6-7-12-22(18)24-21/h6-12,14-17,23,25H,3-5,13H2,1-2H3. The van der Waals surface area contributed by atoms with E-state index in [-0.39, 0.29) is 6.10 Å². The lowest BCUT2D eigenvalue weighted by Gasteiger charge is -2.17. The summed E-state index contributed by atoms with van der Waals surface area (Å²) in [5.41, 5.74) is 2.79. The molecule has 0 saturated carbocycles. The summed E-state index contributed by atoms with van der Waals surface area (Å²) in [6, 6.07) is 19.9. The van der Waals surface area contributed by atoms with Crippen LogP contribution < -0.4 is 4.74 Å². The number of fused-ring (bicyclic) bond motifs is 1. The molecule has 0 radical (unpaired) electrons. The average molecular weight is 349 g/mol. The molecule has 3 aromatic rings. The first kappa shape index (κ1) is 18.4. The normalized spacial score (nSPS) is 13.5. The van der Waals surface area contributed by atoms with Crippen LogP contribution >= 0.6 is 0 Å². The van der Waals surface area contributed by atoms with Crippen LogP contribution in [0.5, 0.6) is 5.75 Å². The molecule has 0 fully saturated rings. The Kier molecular flexibility index (Phi) is 6.24. The van der Waals surface area contributed by atoms with Crippen molar-refractivity contribution in [3.63, 3.8) is 0 Å². The number of nitrogens with zero attached hydrogens (tertiary/aromatic N) is 1. The maximum absolute atomic E-state index is 10.4. The van der Waals surface area contributed by atoms with Crippen molar-refractivity contribution in [3.8, 4) is 5.75 Å². The molecule has 2 atom stereocenters. The number of aliphatic hydroxyl groups excluding tert-OH is 1. The van der Waals surface area contributed by atoms with Crippen LogP contribution in [0.15, 0.2) is 60.7 Å². The molecule has 136 valence electrons. The predicted octanol–water partition coefficient (Wildman–Crippen LogP) is 5.99. The maximum Gasteiger partial charge on any atom is 0.138 e. The molecule has 0 spiro atoms. The zero-order valence-electron chi connectivity index (χ0n) is 15.6. The Balaban J connectivity index is 1.70. The molecule has 0 aliphatic heterocycles. The van der Waals surface area contributed by atoms with Crippen molar-refractivity contribution >= 4 is 10.9 Å². The topological polar surface area (TPSA) is 42.4 Å². The third kappa shape index (κ3) is 4.61. The highest BCUT2D eigenvalue weighted by Crippen LogP contribution is 2.27. The van der Waals surface area contributed by atoms with Gasteiger partial charge in [0.25, 0.3) is 0 Å². The lowest BCUT2D eigenvalue weighted by atomic mass is 10.0. The van der Waals surface area contributed by atoms with Crippen molar-refractivity contribution < 1.29 is 9.84 Å². The molecule has 26 heavy (non-hydrogen) atoms. The van der Waals surface area contributed by atoms with E-state index in [1.54, 1.807) is 0 Å².